The zero-order chi connectivity index (χ0) is 97.5. The fraction of sp³-hybridized carbons (Fsp3) is 0.486. The van der Waals surface area contributed by atoms with Crippen LogP contribution in [0, 0.1) is 77.5 Å². The molecule has 0 aliphatic carbocycles. The normalized spacial score (nSPS) is 18.4. The van der Waals surface area contributed by atoms with Gasteiger partial charge in [0.1, 0.15) is 46.6 Å². The number of ether oxygens (including phenoxy) is 6. The number of hydrogen-bond acceptors (Lipinski definition) is 20. The molecule has 0 unspecified atom stereocenters. The molecule has 0 spiro atoms. The fourth-order valence-corrected chi connectivity index (χ4v) is 17.5. The molecule has 2 aromatic heterocycles. The molecule has 7 aromatic rings. The van der Waals surface area contributed by atoms with Gasteiger partial charge in [-0.05, 0) is 276 Å². The van der Waals surface area contributed by atoms with Crippen LogP contribution in [0.15, 0.2) is 106 Å². The van der Waals surface area contributed by atoms with Gasteiger partial charge in [-0.25, -0.2) is 43.5 Å². The predicted octanol–water partition coefficient (Wildman–Crippen LogP) is 16.9. The number of terminal acetylenes is 1. The minimum Gasteiger partial charge on any atom is -0.480 e. The third kappa shape index (κ3) is 26.3. The Morgan fingerprint density at radius 1 is 0.404 bits per heavy atom. The third-order valence-corrected chi connectivity index (χ3v) is 23.9. The smallest absolute Gasteiger partial charge is 0.410 e. The van der Waals surface area contributed by atoms with Crippen LogP contribution in [0.4, 0.5) is 45.8 Å². The van der Waals surface area contributed by atoms with E-state index in [-0.39, 0.29) is 85.5 Å². The van der Waals surface area contributed by atoms with Crippen LogP contribution in [0.25, 0.3) is 22.1 Å². The molecule has 5 aromatic carbocycles. The molecule has 136 heavy (non-hydrogen) atoms. The highest BCUT2D eigenvalue weighted by atomic mass is 16.6. The van der Waals surface area contributed by atoms with Gasteiger partial charge in [0.05, 0.1) is 90.7 Å². The number of nitrogens with zero attached hydrogens (tertiary/aromatic N) is 10. The molecule has 0 radical (unpaired) electrons. The van der Waals surface area contributed by atoms with Crippen molar-refractivity contribution in [3.05, 3.63) is 147 Å². The average molecular weight is 1860 g/mol. The number of methoxy groups -OCH3 is 3. The molecule has 10 heterocycles. The topological polar surface area (TPSA) is 376 Å². The summed E-state index contributed by atoms with van der Waals surface area (Å²) in [6.07, 6.45) is 13.5. The van der Waals surface area contributed by atoms with Gasteiger partial charge in [-0.2, -0.15) is 0 Å². The highest BCUT2D eigenvalue weighted by molar-refractivity contribution is 6.03. The number of rotatable bonds is 14. The van der Waals surface area contributed by atoms with E-state index in [9.17, 15) is 43.2 Å². The van der Waals surface area contributed by atoms with Crippen LogP contribution in [0.2, 0.25) is 0 Å². The van der Waals surface area contributed by atoms with Crippen molar-refractivity contribution in [2.75, 3.05) is 54.1 Å². The zero-order valence-electron chi connectivity index (χ0n) is 80.4. The van der Waals surface area contributed by atoms with Crippen molar-refractivity contribution in [3.8, 4) is 59.7 Å². The molecule has 6 N–H and O–H groups in total. The highest BCUT2D eigenvalue weighted by Crippen LogP contribution is 2.40. The van der Waals surface area contributed by atoms with E-state index in [2.05, 4.69) is 90.0 Å². The Morgan fingerprint density at radius 2 is 0.684 bits per heavy atom. The second-order valence-electron chi connectivity index (χ2n) is 38.5. The zero-order valence-corrected chi connectivity index (χ0v) is 80.4. The van der Waals surface area contributed by atoms with E-state index in [0.717, 1.165) is 184 Å². The number of carboxylic acids is 1. The van der Waals surface area contributed by atoms with Crippen LogP contribution in [-0.2, 0) is 62.1 Å². The lowest BCUT2D eigenvalue weighted by Gasteiger charge is -2.30. The SMILES string of the molecule is C.C#Cc1ccc2c(c1)CC([C@@H]1CCCN1C(=O)OC(C)(C)C)=N2.CC(C)(C)OC(=O)N1CCC[C@H]1C1=Nc2ccc(C#CC#Cc3ccc4nc([C@@H]5CCCN5C(=O)OC(C)(C)C)[nH]c4c3)cc2C1.COC(=O)N[C@H](C(=O)N1CCC[C@H]1C1=Nc2ccc(C#CC#Cc3ccc4nc([C@@H]5CCCN5C(=O)[C@@H](NC(=O)OC)C(C)C)[nH]c4c3)cc2C1)C(C)C.COC(=O)N[C@H](C(=O)O)C(C)C. The van der Waals surface area contributed by atoms with Gasteiger partial charge in [-0.3, -0.25) is 39.3 Å². The molecule has 8 aliphatic rings. The fourth-order valence-electron chi connectivity index (χ4n) is 17.5. The van der Waals surface area contributed by atoms with E-state index >= 15 is 0 Å². The molecule has 8 amide bonds. The van der Waals surface area contributed by atoms with Crippen LogP contribution in [0.1, 0.15) is 244 Å². The van der Waals surface area contributed by atoms with Crippen LogP contribution in [0.5, 0.6) is 0 Å². The van der Waals surface area contributed by atoms with Crippen LogP contribution in [-0.4, -0.2) is 228 Å². The van der Waals surface area contributed by atoms with Crippen molar-refractivity contribution in [1.82, 2.24) is 60.4 Å². The third-order valence-electron chi connectivity index (χ3n) is 23.9. The molecule has 5 fully saturated rings. The van der Waals surface area contributed by atoms with Crippen molar-refractivity contribution in [2.45, 2.75) is 260 Å². The standard InChI is InChI=1S/C41H47N7O6.C37H41N5O4.C19H22N2O2.C7H13NO4.CH4/c1-24(2)35(45-40(51)53-5)38(49)47-19-9-13-33(47)32-23-28-21-26(15-17-29(28)42-32)11-7-8-12-27-16-18-30-31(22-27)44-37(43-30)34-14-10-20-48(34)39(50)36(25(3)4)46-41(52)54-6;1-36(2,3)45-34(43)41-19-9-13-31(41)30-23-26-21-24(15-17-27(26)38-30)11-7-8-12-25-16-18-28-29(22-25)40-33(39-28)32-14-10-20-42(32)35(44)46-37(4,5)6;1-5-13-8-9-15-14(11-13)12-16(20-15)17-7-6-10-21(17)18(22)23-19(2,3)4;1-4(2)5(6(9)10)8-7(11)12-3;/h15-18,21-22,24-25,33-36H,9-10,13-14,19-20,23H2,1-6H3,(H,43,44)(H,45,51)(H,46,52);15-18,21-22,31-32H,9-10,13-14,19-20,23H2,1-6H3,(H,39,40);1,8-9,11,17H,6-7,10,12H2,2-4H3;4-5H,1-3H3,(H,8,11)(H,9,10);1H4/t33-,34-,35-,36-;31-,32-;17-;5-;/m0000./s1. The summed E-state index contributed by atoms with van der Waals surface area (Å²) in [6, 6.07) is 26.6. The number of alkyl carbamates (subject to hydrolysis) is 3. The number of hydrogen-bond donors (Lipinski definition) is 6. The molecule has 8 atom stereocenters. The molecular weight excluding hydrogens is 1730 g/mol. The van der Waals surface area contributed by atoms with Gasteiger partial charge >= 0.3 is 42.5 Å². The number of likely N-dealkylation sites (tertiary alicyclic amines) is 5. The van der Waals surface area contributed by atoms with E-state index in [1.54, 1.807) is 23.6 Å². The number of H-pyrrole nitrogens is 2. The lowest BCUT2D eigenvalue weighted by molar-refractivity contribution is -0.140. The first-order valence-corrected chi connectivity index (χ1v) is 46.1. The summed E-state index contributed by atoms with van der Waals surface area (Å²) in [6.45, 7) is 31.2. The molecule has 31 heteroatoms. The van der Waals surface area contributed by atoms with E-state index < -0.39 is 59.2 Å². The first-order valence-electron chi connectivity index (χ1n) is 46.1. The number of aliphatic imine (C=N–C) groups is 3. The highest BCUT2D eigenvalue weighted by Gasteiger charge is 2.44. The van der Waals surface area contributed by atoms with Crippen LogP contribution >= 0.6 is 0 Å². The molecule has 5 saturated heterocycles. The van der Waals surface area contributed by atoms with E-state index in [0.29, 0.717) is 44.8 Å². The number of aliphatic carboxylic acids is 1. The molecule has 0 saturated carbocycles. The summed E-state index contributed by atoms with van der Waals surface area (Å²) in [5.41, 5.74) is 15.0. The minimum absolute atomic E-state index is 0. The predicted molar refractivity (Wildman–Crippen MR) is 521 cm³/mol. The summed E-state index contributed by atoms with van der Waals surface area (Å²) in [4.78, 5) is 150. The van der Waals surface area contributed by atoms with Crippen molar-refractivity contribution < 1.29 is 76.7 Å². The van der Waals surface area contributed by atoms with Gasteiger partial charge in [-0.1, -0.05) is 78.6 Å². The van der Waals surface area contributed by atoms with Gasteiger partial charge in [0.15, 0.2) is 0 Å². The monoisotopic (exact) mass is 1850 g/mol. The van der Waals surface area contributed by atoms with Gasteiger partial charge in [-0.15, -0.1) is 6.42 Å². The quantitative estimate of drug-likeness (QED) is 0.0435. The van der Waals surface area contributed by atoms with Gasteiger partial charge in [0.25, 0.3) is 0 Å². The number of amides is 8. The van der Waals surface area contributed by atoms with Crippen molar-refractivity contribution in [3.63, 3.8) is 0 Å². The van der Waals surface area contributed by atoms with Crippen molar-refractivity contribution >= 4 is 111 Å². The van der Waals surface area contributed by atoms with Crippen molar-refractivity contribution in [1.29, 1.82) is 0 Å². The minimum atomic E-state index is -1.06. The first kappa shape index (κ1) is 102. The number of imidazole rings is 2. The number of carbonyl (C=O) groups is 9. The second kappa shape index (κ2) is 44.8. The van der Waals surface area contributed by atoms with Gasteiger partial charge < -0.3 is 69.2 Å². The number of carboxylic acid groups (broad SMARTS) is 1. The summed E-state index contributed by atoms with van der Waals surface area (Å²) < 4.78 is 30.6. The number of benzene rings is 5. The lowest BCUT2D eigenvalue weighted by Crippen LogP contribution is -2.53. The first-order chi connectivity index (χ1) is 64.1. The Labute approximate surface area is 797 Å². The van der Waals surface area contributed by atoms with Crippen LogP contribution in [0.3, 0.4) is 0 Å². The van der Waals surface area contributed by atoms with E-state index in [1.807, 2.05) is 190 Å². The second-order valence-corrected chi connectivity index (χ2v) is 38.5. The lowest BCUT2D eigenvalue weighted by atomic mass is 9.99. The van der Waals surface area contributed by atoms with Gasteiger partial charge in [0, 0.05) is 96.9 Å². The summed E-state index contributed by atoms with van der Waals surface area (Å²) in [5.74, 6) is 26.9. The molecule has 15 rings (SSSR count). The number of aromatic amines is 2. The van der Waals surface area contributed by atoms with Gasteiger partial charge in [0.2, 0.25) is 11.8 Å². The Balaban J connectivity index is 0.000000194. The van der Waals surface area contributed by atoms with E-state index in [4.69, 9.17) is 60.2 Å². The maximum Gasteiger partial charge on any atom is 0.410 e. The number of aromatic nitrogens is 4. The molecule has 31 nitrogen and oxygen atoms in total. The average Bonchev–Trinajstić information content (AvgIpc) is 1.67. The molecular formula is C105H127N15O16. The summed E-state index contributed by atoms with van der Waals surface area (Å²) >= 11 is 0. The molecule has 8 aliphatic heterocycles. The summed E-state index contributed by atoms with van der Waals surface area (Å²) in [5, 5.41) is 16.2. The number of nitrogens with one attached hydrogen (secondary N) is 5. The number of fused-ring (bicyclic) bond motifs is 5. The molecule has 718 valence electrons. The summed E-state index contributed by atoms with van der Waals surface area (Å²) in [7, 11) is 3.76. The van der Waals surface area contributed by atoms with Crippen molar-refractivity contribution in [2.24, 2.45) is 32.7 Å². The largest absolute Gasteiger partial charge is 0.480 e. The Bertz CT molecular complexity index is 6080. The Kier molecular flexibility index (Phi) is 33.7. The maximum atomic E-state index is 13.5. The molecule has 0 bridgehead atoms. The Morgan fingerprint density at radius 3 is 1.01 bits per heavy atom. The van der Waals surface area contributed by atoms with E-state index in [1.165, 1.54) is 21.3 Å². The van der Waals surface area contributed by atoms with Crippen LogP contribution < -0.4 is 16.0 Å². The number of carbonyl (C=O) groups excluding carboxylic acids is 8. The Hall–Kier alpha value is -14.1. The maximum absolute atomic E-state index is 13.5.